The molecule has 8 nitrogen and oxygen atoms in total. The highest BCUT2D eigenvalue weighted by molar-refractivity contribution is 5.67. The maximum absolute atomic E-state index is 12.1. The molecule has 1 amide bonds. The summed E-state index contributed by atoms with van der Waals surface area (Å²) in [7, 11) is 0. The standard InChI is InChI=1S/C16H25N3O2.C6H4FNO2/c1-16(2,3)21-15(20)18-10-12-8-9-19(11-12)14-6-4-13(17)5-7-14;7-5-1-3-6(4-2-5)8(9)10/h4-7,12H,8-11,17H2,1-3H3,(H,18,20);1-4H/t12-;/m1./s1. The van der Waals surface area contributed by atoms with E-state index in [0.717, 1.165) is 49.5 Å². The van der Waals surface area contributed by atoms with Crippen LogP contribution < -0.4 is 16.0 Å². The molecule has 1 aliphatic heterocycles. The Kier molecular flexibility index (Phi) is 8.18. The number of non-ortho nitro benzene ring substituents is 1. The number of nitro benzene ring substituents is 1. The minimum Gasteiger partial charge on any atom is -0.444 e. The summed E-state index contributed by atoms with van der Waals surface area (Å²) in [6, 6.07) is 12.3. The number of halogens is 1. The van der Waals surface area contributed by atoms with Crippen LogP contribution in [0.1, 0.15) is 27.2 Å². The molecule has 0 aromatic heterocycles. The quantitative estimate of drug-likeness (QED) is 0.422. The summed E-state index contributed by atoms with van der Waals surface area (Å²) in [5.41, 5.74) is 7.12. The summed E-state index contributed by atoms with van der Waals surface area (Å²) in [4.78, 5) is 23.4. The number of amides is 1. The fraction of sp³-hybridized carbons (Fsp3) is 0.409. The van der Waals surface area contributed by atoms with Crippen molar-refractivity contribution >= 4 is 23.2 Å². The third-order valence-electron chi connectivity index (χ3n) is 4.52. The number of hydrogen-bond donors (Lipinski definition) is 2. The molecule has 3 rings (SSSR count). The van der Waals surface area contributed by atoms with Gasteiger partial charge in [0.25, 0.3) is 5.69 Å². The second-order valence-electron chi connectivity index (χ2n) is 8.31. The Bertz CT molecular complexity index is 867. The third-order valence-corrected chi connectivity index (χ3v) is 4.52. The number of nitrogens with two attached hydrogens (primary N) is 1. The van der Waals surface area contributed by atoms with Crippen molar-refractivity contribution in [1.82, 2.24) is 5.32 Å². The van der Waals surface area contributed by atoms with Crippen LogP contribution in [-0.2, 0) is 4.74 Å². The minimum atomic E-state index is -0.570. The number of nitrogens with one attached hydrogen (secondary N) is 1. The molecule has 9 heteroatoms. The number of benzene rings is 2. The molecule has 1 fully saturated rings. The Morgan fingerprint density at radius 1 is 1.23 bits per heavy atom. The van der Waals surface area contributed by atoms with E-state index in [4.69, 9.17) is 10.5 Å². The van der Waals surface area contributed by atoms with Crippen LogP contribution in [0.5, 0.6) is 0 Å². The van der Waals surface area contributed by atoms with E-state index in [1.807, 2.05) is 45.0 Å². The van der Waals surface area contributed by atoms with E-state index < -0.39 is 16.3 Å². The van der Waals surface area contributed by atoms with Gasteiger partial charge in [0.1, 0.15) is 11.4 Å². The predicted octanol–water partition coefficient (Wildman–Crippen LogP) is 4.35. The maximum atomic E-state index is 12.1. The van der Waals surface area contributed by atoms with Crippen LogP contribution in [0.2, 0.25) is 0 Å². The fourth-order valence-electron chi connectivity index (χ4n) is 3.02. The van der Waals surface area contributed by atoms with Crippen molar-refractivity contribution in [3.63, 3.8) is 0 Å². The molecule has 1 saturated heterocycles. The smallest absolute Gasteiger partial charge is 0.407 e. The molecule has 168 valence electrons. The van der Waals surface area contributed by atoms with E-state index in [1.165, 1.54) is 5.69 Å². The van der Waals surface area contributed by atoms with Crippen molar-refractivity contribution in [1.29, 1.82) is 0 Å². The van der Waals surface area contributed by atoms with Gasteiger partial charge >= 0.3 is 6.09 Å². The lowest BCUT2D eigenvalue weighted by atomic mass is 10.1. The van der Waals surface area contributed by atoms with Gasteiger partial charge < -0.3 is 20.7 Å². The molecule has 0 unspecified atom stereocenters. The highest BCUT2D eigenvalue weighted by Crippen LogP contribution is 2.24. The zero-order chi connectivity index (χ0) is 23.0. The van der Waals surface area contributed by atoms with Gasteiger partial charge in [-0.15, -0.1) is 0 Å². The predicted molar refractivity (Wildman–Crippen MR) is 118 cm³/mol. The Labute approximate surface area is 181 Å². The van der Waals surface area contributed by atoms with Crippen LogP contribution in [0.15, 0.2) is 48.5 Å². The van der Waals surface area contributed by atoms with Crippen molar-refractivity contribution < 1.29 is 18.8 Å². The number of anilines is 2. The number of hydrogen-bond acceptors (Lipinski definition) is 6. The van der Waals surface area contributed by atoms with E-state index in [2.05, 4.69) is 10.2 Å². The summed E-state index contributed by atoms with van der Waals surface area (Å²) < 4.78 is 17.4. The summed E-state index contributed by atoms with van der Waals surface area (Å²) in [6.07, 6.45) is 0.730. The zero-order valence-electron chi connectivity index (χ0n) is 18.0. The maximum Gasteiger partial charge on any atom is 0.407 e. The van der Waals surface area contributed by atoms with Gasteiger partial charge in [-0.1, -0.05) is 0 Å². The van der Waals surface area contributed by atoms with Gasteiger partial charge in [-0.2, -0.15) is 0 Å². The van der Waals surface area contributed by atoms with Crippen molar-refractivity contribution in [2.75, 3.05) is 30.3 Å². The number of carbonyl (C=O) groups excluding carboxylic acids is 1. The third kappa shape index (κ3) is 8.49. The van der Waals surface area contributed by atoms with Crippen LogP contribution in [-0.4, -0.2) is 36.3 Å². The molecule has 31 heavy (non-hydrogen) atoms. The monoisotopic (exact) mass is 432 g/mol. The molecule has 0 radical (unpaired) electrons. The Morgan fingerprint density at radius 2 is 1.84 bits per heavy atom. The second kappa shape index (κ2) is 10.6. The van der Waals surface area contributed by atoms with Crippen LogP contribution >= 0.6 is 0 Å². The molecule has 2 aromatic carbocycles. The van der Waals surface area contributed by atoms with Gasteiger partial charge in [0, 0.05) is 43.1 Å². The molecule has 0 aliphatic carbocycles. The van der Waals surface area contributed by atoms with Crippen LogP contribution in [0.25, 0.3) is 0 Å². The first kappa shape index (κ1) is 23.9. The van der Waals surface area contributed by atoms with Gasteiger partial charge in [-0.05, 0) is 69.5 Å². The normalized spacial score (nSPS) is 15.6. The summed E-state index contributed by atoms with van der Waals surface area (Å²) in [5.74, 6) is -0.0133. The van der Waals surface area contributed by atoms with Crippen molar-refractivity contribution in [3.8, 4) is 0 Å². The number of rotatable bonds is 4. The molecular weight excluding hydrogens is 403 g/mol. The van der Waals surface area contributed by atoms with E-state index >= 15 is 0 Å². The number of carbonyl (C=O) groups is 1. The molecule has 0 saturated carbocycles. The number of nitrogens with zero attached hydrogens (tertiary/aromatic N) is 2. The summed E-state index contributed by atoms with van der Waals surface area (Å²) >= 11 is 0. The Morgan fingerprint density at radius 3 is 2.39 bits per heavy atom. The van der Waals surface area contributed by atoms with E-state index in [-0.39, 0.29) is 11.8 Å². The lowest BCUT2D eigenvalue weighted by molar-refractivity contribution is -0.384. The fourth-order valence-corrected chi connectivity index (χ4v) is 3.02. The largest absolute Gasteiger partial charge is 0.444 e. The first-order chi connectivity index (χ1) is 14.5. The van der Waals surface area contributed by atoms with Gasteiger partial charge in [-0.3, -0.25) is 10.1 Å². The lowest BCUT2D eigenvalue weighted by Gasteiger charge is -2.21. The van der Waals surface area contributed by atoms with Gasteiger partial charge in [0.15, 0.2) is 0 Å². The van der Waals surface area contributed by atoms with E-state index in [0.29, 0.717) is 12.5 Å². The van der Waals surface area contributed by atoms with Gasteiger partial charge in [-0.25, -0.2) is 9.18 Å². The average Bonchev–Trinajstić information content (AvgIpc) is 3.15. The van der Waals surface area contributed by atoms with Crippen LogP contribution in [0.3, 0.4) is 0 Å². The van der Waals surface area contributed by atoms with Crippen LogP contribution in [0.4, 0.5) is 26.2 Å². The molecule has 2 aromatic rings. The topological polar surface area (TPSA) is 111 Å². The Hall–Kier alpha value is -3.36. The van der Waals surface area contributed by atoms with Crippen LogP contribution in [0, 0.1) is 21.8 Å². The number of nitrogen functional groups attached to an aromatic ring is 1. The highest BCUT2D eigenvalue weighted by Gasteiger charge is 2.24. The first-order valence-electron chi connectivity index (χ1n) is 10.0. The molecular formula is C22H29FN4O4. The van der Waals surface area contributed by atoms with Crippen molar-refractivity contribution in [3.05, 3.63) is 64.5 Å². The molecule has 0 spiro atoms. The molecule has 1 heterocycles. The SMILES string of the molecule is CC(C)(C)OC(=O)NC[C@H]1CCN(c2ccc(N)cc2)C1.O=[N+]([O-])c1ccc(F)cc1. The zero-order valence-corrected chi connectivity index (χ0v) is 18.0. The van der Waals surface area contributed by atoms with Crippen molar-refractivity contribution in [2.24, 2.45) is 5.92 Å². The van der Waals surface area contributed by atoms with E-state index in [9.17, 15) is 19.3 Å². The van der Waals surface area contributed by atoms with Gasteiger partial charge in [0.05, 0.1) is 4.92 Å². The highest BCUT2D eigenvalue weighted by atomic mass is 19.1. The number of ether oxygens (including phenoxy) is 1. The molecule has 1 aliphatic rings. The van der Waals surface area contributed by atoms with Crippen molar-refractivity contribution in [2.45, 2.75) is 32.8 Å². The number of nitro groups is 1. The Balaban J connectivity index is 0.000000285. The molecule has 0 bridgehead atoms. The number of alkyl carbamates (subject to hydrolysis) is 1. The van der Waals surface area contributed by atoms with Gasteiger partial charge in [0.2, 0.25) is 0 Å². The average molecular weight is 432 g/mol. The second-order valence-corrected chi connectivity index (χ2v) is 8.31. The summed E-state index contributed by atoms with van der Waals surface area (Å²) in [5, 5.41) is 12.8. The lowest BCUT2D eigenvalue weighted by Crippen LogP contribution is -2.36. The first-order valence-corrected chi connectivity index (χ1v) is 10.0. The molecule has 3 N–H and O–H groups in total. The minimum absolute atomic E-state index is 0.0959. The van der Waals surface area contributed by atoms with E-state index in [1.54, 1.807) is 0 Å². The summed E-state index contributed by atoms with van der Waals surface area (Å²) in [6.45, 7) is 8.20. The molecule has 1 atom stereocenters.